The zero-order valence-electron chi connectivity index (χ0n) is 15.9. The molecule has 0 aliphatic heterocycles. The van der Waals surface area contributed by atoms with Gasteiger partial charge in [-0.15, -0.1) is 11.3 Å². The summed E-state index contributed by atoms with van der Waals surface area (Å²) in [5.41, 5.74) is 3.30. The highest BCUT2D eigenvalue weighted by atomic mass is 32.1. The van der Waals surface area contributed by atoms with Crippen molar-refractivity contribution in [2.45, 2.75) is 19.8 Å². The molecule has 0 aliphatic carbocycles. The molecule has 8 heteroatoms. The first-order valence-corrected chi connectivity index (χ1v) is 10.1. The van der Waals surface area contributed by atoms with E-state index in [2.05, 4.69) is 20.6 Å². The van der Waals surface area contributed by atoms with Gasteiger partial charge in [-0.2, -0.15) is 0 Å². The number of thiazole rings is 1. The van der Waals surface area contributed by atoms with Gasteiger partial charge in [0.05, 0.1) is 5.69 Å². The van der Waals surface area contributed by atoms with E-state index >= 15 is 0 Å². The van der Waals surface area contributed by atoms with Crippen LogP contribution in [0.2, 0.25) is 0 Å². The largest absolute Gasteiger partial charge is 0.337 e. The van der Waals surface area contributed by atoms with Gasteiger partial charge in [-0.3, -0.25) is 5.32 Å². The van der Waals surface area contributed by atoms with Crippen molar-refractivity contribution in [1.29, 1.82) is 0 Å². The van der Waals surface area contributed by atoms with Crippen molar-refractivity contribution in [2.24, 2.45) is 0 Å². The standard InChI is InChI=1S/C21H20FN5OS/c1-14-5-6-15(11-18(14)22)10-17-12-24-21(29-17)26-20(28)23-8-7-16-13-27-9-3-2-4-19(27)25-16/h2-6,9,11-13H,7-8,10H2,1H3,(H2,23,24,26,28). The maximum atomic E-state index is 13.7. The summed E-state index contributed by atoms with van der Waals surface area (Å²) in [7, 11) is 0. The molecule has 0 radical (unpaired) electrons. The lowest BCUT2D eigenvalue weighted by molar-refractivity contribution is 0.252. The van der Waals surface area contributed by atoms with Crippen LogP contribution in [0.4, 0.5) is 14.3 Å². The maximum Gasteiger partial charge on any atom is 0.321 e. The number of anilines is 1. The van der Waals surface area contributed by atoms with Gasteiger partial charge in [0.1, 0.15) is 11.5 Å². The highest BCUT2D eigenvalue weighted by Gasteiger charge is 2.08. The minimum absolute atomic E-state index is 0.213. The number of imidazole rings is 1. The van der Waals surface area contributed by atoms with Gasteiger partial charge in [-0.25, -0.2) is 19.2 Å². The summed E-state index contributed by atoms with van der Waals surface area (Å²) in [6.45, 7) is 2.21. The van der Waals surface area contributed by atoms with E-state index in [1.165, 1.54) is 17.4 Å². The van der Waals surface area contributed by atoms with Crippen LogP contribution >= 0.6 is 11.3 Å². The van der Waals surface area contributed by atoms with Crippen LogP contribution < -0.4 is 10.6 Å². The van der Waals surface area contributed by atoms with Gasteiger partial charge in [-0.1, -0.05) is 18.2 Å². The number of benzene rings is 1. The van der Waals surface area contributed by atoms with E-state index in [1.807, 2.05) is 41.1 Å². The molecule has 3 heterocycles. The van der Waals surface area contributed by atoms with Crippen molar-refractivity contribution in [2.75, 3.05) is 11.9 Å². The second-order valence-corrected chi connectivity index (χ2v) is 7.84. The number of aromatic nitrogens is 3. The van der Waals surface area contributed by atoms with Crippen molar-refractivity contribution < 1.29 is 9.18 Å². The minimum atomic E-state index is -0.309. The van der Waals surface area contributed by atoms with Crippen LogP contribution in [0, 0.1) is 12.7 Å². The summed E-state index contributed by atoms with van der Waals surface area (Å²) in [5, 5.41) is 6.07. The third kappa shape index (κ3) is 4.78. The Morgan fingerprint density at radius 1 is 1.28 bits per heavy atom. The number of rotatable bonds is 6. The van der Waals surface area contributed by atoms with E-state index in [0.29, 0.717) is 30.1 Å². The fraction of sp³-hybridized carbons (Fsp3) is 0.190. The van der Waals surface area contributed by atoms with Gasteiger partial charge in [-0.05, 0) is 36.2 Å². The van der Waals surface area contributed by atoms with Crippen LogP contribution in [0.1, 0.15) is 21.7 Å². The Balaban J connectivity index is 1.27. The Morgan fingerprint density at radius 2 is 2.17 bits per heavy atom. The molecular formula is C21H20FN5OS. The SMILES string of the molecule is Cc1ccc(Cc2cnc(NC(=O)NCCc3cn4ccccc4n3)s2)cc1F. The van der Waals surface area contributed by atoms with Crippen LogP contribution in [0.15, 0.2) is 55.0 Å². The lowest BCUT2D eigenvalue weighted by atomic mass is 10.1. The number of hydrogen-bond donors (Lipinski definition) is 2. The summed E-state index contributed by atoms with van der Waals surface area (Å²) in [5.74, 6) is -0.213. The first-order chi connectivity index (χ1) is 14.1. The second-order valence-electron chi connectivity index (χ2n) is 6.72. The van der Waals surface area contributed by atoms with E-state index in [0.717, 1.165) is 21.8 Å². The molecule has 0 saturated heterocycles. The molecule has 0 fully saturated rings. The van der Waals surface area contributed by atoms with E-state index < -0.39 is 0 Å². The van der Waals surface area contributed by atoms with Gasteiger partial charge >= 0.3 is 6.03 Å². The summed E-state index contributed by atoms with van der Waals surface area (Å²) < 4.78 is 15.6. The number of urea groups is 1. The van der Waals surface area contributed by atoms with Gasteiger partial charge in [0.2, 0.25) is 0 Å². The normalized spacial score (nSPS) is 11.0. The topological polar surface area (TPSA) is 71.3 Å². The van der Waals surface area contributed by atoms with E-state index in [4.69, 9.17) is 0 Å². The van der Waals surface area contributed by atoms with Crippen molar-refractivity contribution in [3.8, 4) is 0 Å². The first-order valence-electron chi connectivity index (χ1n) is 9.24. The average Bonchev–Trinajstić information content (AvgIpc) is 3.31. The third-order valence-electron chi connectivity index (χ3n) is 4.47. The molecule has 6 nitrogen and oxygen atoms in total. The monoisotopic (exact) mass is 409 g/mol. The summed E-state index contributed by atoms with van der Waals surface area (Å²) in [4.78, 5) is 21.8. The van der Waals surface area contributed by atoms with Gasteiger partial charge in [0, 0.05) is 42.9 Å². The number of nitrogens with zero attached hydrogens (tertiary/aromatic N) is 3. The Labute approximate surface area is 171 Å². The predicted molar refractivity (Wildman–Crippen MR) is 112 cm³/mol. The van der Waals surface area contributed by atoms with Crippen molar-refractivity contribution in [1.82, 2.24) is 19.7 Å². The second kappa shape index (κ2) is 8.40. The van der Waals surface area contributed by atoms with E-state index in [1.54, 1.807) is 19.2 Å². The number of amides is 2. The lowest BCUT2D eigenvalue weighted by Crippen LogP contribution is -2.30. The number of halogens is 1. The molecule has 0 unspecified atom stereocenters. The highest BCUT2D eigenvalue weighted by Crippen LogP contribution is 2.22. The van der Waals surface area contributed by atoms with Crippen molar-refractivity contribution in [3.63, 3.8) is 0 Å². The molecule has 3 aromatic heterocycles. The molecule has 0 bridgehead atoms. The van der Waals surface area contributed by atoms with Crippen LogP contribution in [0.25, 0.3) is 5.65 Å². The maximum absolute atomic E-state index is 13.7. The molecule has 4 rings (SSSR count). The molecule has 148 valence electrons. The number of aryl methyl sites for hydroxylation is 1. The summed E-state index contributed by atoms with van der Waals surface area (Å²) in [6.07, 6.45) is 6.81. The van der Waals surface area contributed by atoms with Crippen LogP contribution in [0.3, 0.4) is 0 Å². The molecule has 0 saturated carbocycles. The number of carbonyl (C=O) groups is 1. The fourth-order valence-electron chi connectivity index (χ4n) is 2.95. The molecule has 2 amide bonds. The van der Waals surface area contributed by atoms with Crippen LogP contribution in [0.5, 0.6) is 0 Å². The predicted octanol–water partition coefficient (Wildman–Crippen LogP) is 4.19. The molecule has 29 heavy (non-hydrogen) atoms. The number of hydrogen-bond acceptors (Lipinski definition) is 4. The zero-order valence-corrected chi connectivity index (χ0v) is 16.7. The minimum Gasteiger partial charge on any atom is -0.337 e. The van der Waals surface area contributed by atoms with Gasteiger partial charge < -0.3 is 9.72 Å². The molecule has 0 spiro atoms. The molecular weight excluding hydrogens is 389 g/mol. The van der Waals surface area contributed by atoms with Gasteiger partial charge in [0.15, 0.2) is 5.13 Å². The van der Waals surface area contributed by atoms with Crippen molar-refractivity contribution >= 4 is 28.1 Å². The highest BCUT2D eigenvalue weighted by molar-refractivity contribution is 7.15. The molecule has 4 aromatic rings. The van der Waals surface area contributed by atoms with E-state index in [9.17, 15) is 9.18 Å². The van der Waals surface area contributed by atoms with Crippen LogP contribution in [-0.2, 0) is 12.8 Å². The quantitative estimate of drug-likeness (QED) is 0.502. The smallest absolute Gasteiger partial charge is 0.321 e. The summed E-state index contributed by atoms with van der Waals surface area (Å²) in [6, 6.07) is 10.7. The third-order valence-corrected chi connectivity index (χ3v) is 5.38. The fourth-order valence-corrected chi connectivity index (χ4v) is 3.79. The molecule has 0 aliphatic rings. The number of nitrogens with one attached hydrogen (secondary N) is 2. The number of fused-ring (bicyclic) bond motifs is 1. The number of carbonyl (C=O) groups excluding carboxylic acids is 1. The number of pyridine rings is 1. The Hall–Kier alpha value is -3.26. The van der Waals surface area contributed by atoms with Crippen molar-refractivity contribution in [3.05, 3.63) is 82.5 Å². The lowest BCUT2D eigenvalue weighted by Gasteiger charge is -2.04. The molecule has 0 atom stereocenters. The first kappa shape index (κ1) is 19.1. The average molecular weight is 409 g/mol. The Morgan fingerprint density at radius 3 is 3.00 bits per heavy atom. The van der Waals surface area contributed by atoms with E-state index in [-0.39, 0.29) is 11.8 Å². The zero-order chi connectivity index (χ0) is 20.2. The van der Waals surface area contributed by atoms with Crippen LogP contribution in [-0.4, -0.2) is 26.9 Å². The van der Waals surface area contributed by atoms with Gasteiger partial charge in [0.25, 0.3) is 0 Å². The Bertz CT molecular complexity index is 1120. The molecule has 2 N–H and O–H groups in total. The molecule has 1 aromatic carbocycles. The summed E-state index contributed by atoms with van der Waals surface area (Å²) >= 11 is 1.38. The Kier molecular flexibility index (Phi) is 5.53.